The zero-order chi connectivity index (χ0) is 24.9. The van der Waals surface area contributed by atoms with Gasteiger partial charge >= 0.3 is 0 Å². The minimum absolute atomic E-state index is 0.122. The average Bonchev–Trinajstić information content (AvgIpc) is 3.34. The normalized spacial score (nSPS) is 22.8. The van der Waals surface area contributed by atoms with E-state index in [0.29, 0.717) is 12.0 Å². The average molecular weight is 560 g/mol. The number of ether oxygens (including phenoxy) is 1. The van der Waals surface area contributed by atoms with Crippen molar-refractivity contribution >= 4 is 56.4 Å². The number of hydrogen-bond donors (Lipinski definition) is 2. The van der Waals surface area contributed by atoms with Gasteiger partial charge in [-0.05, 0) is 65.9 Å². The van der Waals surface area contributed by atoms with Gasteiger partial charge in [-0.1, -0.05) is 53.6 Å². The Morgan fingerprint density at radius 2 is 1.83 bits per heavy atom. The number of halogens is 2. The monoisotopic (exact) mass is 558 g/mol. The molecule has 3 aromatic rings. The van der Waals surface area contributed by atoms with Crippen molar-refractivity contribution in [1.82, 2.24) is 0 Å². The van der Waals surface area contributed by atoms with E-state index in [2.05, 4.69) is 46.5 Å². The second-order valence-electron chi connectivity index (χ2n) is 9.28. The van der Waals surface area contributed by atoms with Crippen molar-refractivity contribution in [2.24, 2.45) is 5.92 Å². The summed E-state index contributed by atoms with van der Waals surface area (Å²) in [5.74, 6) is 3.43. The summed E-state index contributed by atoms with van der Waals surface area (Å²) in [7, 11) is -3.85. The maximum atomic E-state index is 13.2. The number of rotatable bonds is 6. The predicted octanol–water partition coefficient (Wildman–Crippen LogP) is 7.11. The van der Waals surface area contributed by atoms with Crippen molar-refractivity contribution in [2.75, 3.05) is 21.5 Å². The molecule has 186 valence electrons. The van der Waals surface area contributed by atoms with Gasteiger partial charge in [-0.3, -0.25) is 4.72 Å². The van der Waals surface area contributed by atoms with Gasteiger partial charge < -0.3 is 10.1 Å². The molecule has 0 unspecified atom stereocenters. The molecule has 0 amide bonds. The van der Waals surface area contributed by atoms with Crippen LogP contribution in [0, 0.1) is 5.92 Å². The molecule has 0 bridgehead atoms. The van der Waals surface area contributed by atoms with Crippen LogP contribution in [-0.4, -0.2) is 26.0 Å². The van der Waals surface area contributed by atoms with E-state index in [1.165, 1.54) is 5.56 Å². The Labute approximate surface area is 225 Å². The molecule has 3 aliphatic rings. The van der Waals surface area contributed by atoms with Crippen LogP contribution in [0.5, 0.6) is 5.75 Å². The van der Waals surface area contributed by atoms with E-state index in [1.807, 2.05) is 17.8 Å². The van der Waals surface area contributed by atoms with Gasteiger partial charge in [-0.2, -0.15) is 11.8 Å². The maximum Gasteiger partial charge on any atom is 0.261 e. The van der Waals surface area contributed by atoms with Crippen molar-refractivity contribution < 1.29 is 13.2 Å². The molecular formula is C27H24Cl2N2O3S2. The lowest BCUT2D eigenvalue weighted by atomic mass is 9.77. The summed E-state index contributed by atoms with van der Waals surface area (Å²) in [4.78, 5) is 0.187. The number of sulfonamides is 1. The van der Waals surface area contributed by atoms with E-state index in [1.54, 1.807) is 30.3 Å². The first kappa shape index (κ1) is 24.0. The van der Waals surface area contributed by atoms with E-state index in [-0.39, 0.29) is 32.6 Å². The van der Waals surface area contributed by atoms with E-state index >= 15 is 0 Å². The highest BCUT2D eigenvalue weighted by Crippen LogP contribution is 2.50. The van der Waals surface area contributed by atoms with Crippen LogP contribution in [0.4, 0.5) is 11.4 Å². The Balaban J connectivity index is 1.27. The minimum Gasteiger partial charge on any atom is -0.489 e. The van der Waals surface area contributed by atoms with Crippen molar-refractivity contribution in [2.45, 2.75) is 29.4 Å². The molecule has 1 aliphatic carbocycles. The molecule has 5 nitrogen and oxygen atoms in total. The topological polar surface area (TPSA) is 67.4 Å². The van der Waals surface area contributed by atoms with E-state index in [0.717, 1.165) is 34.9 Å². The molecule has 3 aromatic carbocycles. The third-order valence-electron chi connectivity index (χ3n) is 6.99. The first-order valence-corrected chi connectivity index (χ1v) is 15.2. The van der Waals surface area contributed by atoms with Crippen LogP contribution in [0.3, 0.4) is 0 Å². The van der Waals surface area contributed by atoms with Crippen LogP contribution < -0.4 is 14.8 Å². The second kappa shape index (κ2) is 9.53. The van der Waals surface area contributed by atoms with Crippen molar-refractivity contribution in [3.63, 3.8) is 0 Å². The van der Waals surface area contributed by atoms with Gasteiger partial charge in [0.25, 0.3) is 10.0 Å². The van der Waals surface area contributed by atoms with Gasteiger partial charge in [-0.15, -0.1) is 0 Å². The summed E-state index contributed by atoms with van der Waals surface area (Å²) in [5.41, 5.74) is 3.37. The van der Waals surface area contributed by atoms with Crippen LogP contribution in [0.25, 0.3) is 0 Å². The second-order valence-corrected chi connectivity index (χ2v) is 12.8. The molecular weight excluding hydrogens is 535 g/mol. The van der Waals surface area contributed by atoms with Gasteiger partial charge in [0, 0.05) is 23.1 Å². The Kier molecular flexibility index (Phi) is 6.36. The summed E-state index contributed by atoms with van der Waals surface area (Å²) in [5, 5.41) is 4.14. The first-order valence-electron chi connectivity index (χ1n) is 11.8. The number of hydrogen-bond acceptors (Lipinski definition) is 5. The predicted molar refractivity (Wildman–Crippen MR) is 148 cm³/mol. The summed E-state index contributed by atoms with van der Waals surface area (Å²) < 4.78 is 35.0. The minimum atomic E-state index is -3.85. The number of nitrogens with one attached hydrogen (secondary N) is 2. The Hall–Kier alpha value is -2.32. The summed E-state index contributed by atoms with van der Waals surface area (Å²) >= 11 is 14.2. The lowest BCUT2D eigenvalue weighted by Gasteiger charge is -2.38. The Bertz CT molecular complexity index is 1440. The third kappa shape index (κ3) is 4.47. The summed E-state index contributed by atoms with van der Waals surface area (Å²) in [6.07, 6.45) is 5.63. The molecule has 0 radical (unpaired) electrons. The van der Waals surface area contributed by atoms with Gasteiger partial charge in [0.15, 0.2) is 0 Å². The zero-order valence-electron chi connectivity index (χ0n) is 19.2. The highest BCUT2D eigenvalue weighted by atomic mass is 35.5. The van der Waals surface area contributed by atoms with Crippen molar-refractivity contribution in [1.29, 1.82) is 0 Å². The van der Waals surface area contributed by atoms with Crippen LogP contribution in [0.1, 0.15) is 29.5 Å². The number of benzene rings is 3. The fourth-order valence-corrected chi connectivity index (χ4v) is 7.16. The molecule has 36 heavy (non-hydrogen) atoms. The van der Waals surface area contributed by atoms with Gasteiger partial charge in [0.1, 0.15) is 11.9 Å². The highest BCUT2D eigenvalue weighted by Gasteiger charge is 2.38. The molecule has 1 saturated heterocycles. The van der Waals surface area contributed by atoms with Crippen molar-refractivity contribution in [3.8, 4) is 5.75 Å². The third-order valence-corrected chi connectivity index (χ3v) is 10.4. The molecule has 1 fully saturated rings. The fourth-order valence-electron chi connectivity index (χ4n) is 5.08. The SMILES string of the molecule is O=S(=O)(Nc1cccc(Cl)c1Cl)c1ccc2c(c1)[C@H]1C=CC[C@H]1[C@@H](c1ccc(OC3CSC3)cc1)N2. The highest BCUT2D eigenvalue weighted by molar-refractivity contribution is 8.00. The quantitative estimate of drug-likeness (QED) is 0.315. The van der Waals surface area contributed by atoms with Crippen LogP contribution in [-0.2, 0) is 10.0 Å². The van der Waals surface area contributed by atoms with E-state index in [9.17, 15) is 8.42 Å². The lowest BCUT2D eigenvalue weighted by Crippen LogP contribution is -2.31. The number of fused-ring (bicyclic) bond motifs is 3. The number of thioether (sulfide) groups is 1. The van der Waals surface area contributed by atoms with Crippen LogP contribution in [0.15, 0.2) is 77.7 Å². The van der Waals surface area contributed by atoms with Crippen LogP contribution in [0.2, 0.25) is 10.0 Å². The number of anilines is 2. The van der Waals surface area contributed by atoms with Gasteiger partial charge in [-0.25, -0.2) is 8.42 Å². The molecule has 2 N–H and O–H groups in total. The lowest BCUT2D eigenvalue weighted by molar-refractivity contribution is 0.240. The molecule has 9 heteroatoms. The maximum absolute atomic E-state index is 13.2. The van der Waals surface area contributed by atoms with E-state index < -0.39 is 10.0 Å². The Morgan fingerprint density at radius 1 is 1.03 bits per heavy atom. The van der Waals surface area contributed by atoms with E-state index in [4.69, 9.17) is 27.9 Å². The summed E-state index contributed by atoms with van der Waals surface area (Å²) in [6.45, 7) is 0. The molecule has 0 spiro atoms. The molecule has 6 rings (SSSR count). The molecule has 2 aliphatic heterocycles. The van der Waals surface area contributed by atoms with Crippen molar-refractivity contribution in [3.05, 3.63) is 94.0 Å². The Morgan fingerprint density at radius 3 is 2.58 bits per heavy atom. The van der Waals surface area contributed by atoms with Gasteiger partial charge in [0.05, 0.1) is 26.7 Å². The zero-order valence-corrected chi connectivity index (χ0v) is 22.3. The van der Waals surface area contributed by atoms with Gasteiger partial charge in [0.2, 0.25) is 0 Å². The number of allylic oxidation sites excluding steroid dienone is 2. The summed E-state index contributed by atoms with van der Waals surface area (Å²) in [6, 6.07) is 18.6. The smallest absolute Gasteiger partial charge is 0.261 e. The van der Waals surface area contributed by atoms with Crippen LogP contribution >= 0.6 is 35.0 Å². The molecule has 0 saturated carbocycles. The first-order chi connectivity index (χ1) is 17.4. The standard InChI is InChI=1S/C27H24Cl2N2O3S2/c28-23-5-2-6-25(26(23)29)31-36(32,33)19-11-12-24-22(13-19)20-3-1-4-21(20)27(30-24)16-7-9-17(10-8-16)34-18-14-35-15-18/h1-3,5-13,18,20-21,27,30-31H,4,14-15H2/t20-,21+,27+/m0/s1. The molecule has 2 heterocycles. The molecule has 3 atom stereocenters. The largest absolute Gasteiger partial charge is 0.489 e. The fraction of sp³-hybridized carbons (Fsp3) is 0.259. The molecule has 0 aromatic heterocycles.